The zero-order chi connectivity index (χ0) is 13.7. The topological polar surface area (TPSA) is 67.5 Å². The monoisotopic (exact) mass is 319 g/mol. The van der Waals surface area contributed by atoms with Crippen molar-refractivity contribution in [3.05, 3.63) is 68.7 Å². The molecular formula is C13H10BrN3O2. The Morgan fingerprint density at radius 2 is 1.95 bits per heavy atom. The summed E-state index contributed by atoms with van der Waals surface area (Å²) in [7, 11) is 0. The lowest BCUT2D eigenvalue weighted by Crippen LogP contribution is -1.96. The molecule has 96 valence electrons. The summed E-state index contributed by atoms with van der Waals surface area (Å²) in [4.78, 5) is 10.5. The van der Waals surface area contributed by atoms with Gasteiger partial charge < -0.3 is 0 Å². The number of nitrogens with zero attached hydrogens (tertiary/aromatic N) is 2. The molecule has 2 rings (SSSR count). The molecule has 0 atom stereocenters. The van der Waals surface area contributed by atoms with Crippen LogP contribution in [0.25, 0.3) is 0 Å². The summed E-state index contributed by atoms with van der Waals surface area (Å²) < 4.78 is 0.660. The molecule has 0 aliphatic rings. The fourth-order valence-electron chi connectivity index (χ4n) is 1.47. The molecule has 0 radical (unpaired) electrons. The fraction of sp³-hybridized carbons (Fsp3) is 0. The molecule has 0 saturated carbocycles. The van der Waals surface area contributed by atoms with Gasteiger partial charge in [-0.15, -0.1) is 0 Å². The Bertz CT molecular complexity index is 615. The lowest BCUT2D eigenvalue weighted by Gasteiger charge is -2.00. The van der Waals surface area contributed by atoms with Crippen LogP contribution in [0, 0.1) is 10.1 Å². The van der Waals surface area contributed by atoms with E-state index in [9.17, 15) is 10.1 Å². The highest BCUT2D eigenvalue weighted by molar-refractivity contribution is 9.10. The number of anilines is 1. The van der Waals surface area contributed by atoms with E-state index in [4.69, 9.17) is 0 Å². The minimum atomic E-state index is -0.436. The van der Waals surface area contributed by atoms with E-state index in [0.29, 0.717) is 10.0 Å². The molecule has 5 nitrogen and oxygen atoms in total. The molecule has 0 fully saturated rings. The molecule has 2 aromatic rings. The van der Waals surface area contributed by atoms with Crippen molar-refractivity contribution in [2.45, 2.75) is 0 Å². The number of hydrogen-bond donors (Lipinski definition) is 1. The van der Waals surface area contributed by atoms with Crippen molar-refractivity contribution in [1.29, 1.82) is 0 Å². The number of para-hydroxylation sites is 1. The number of nitro groups is 1. The van der Waals surface area contributed by atoms with Crippen LogP contribution >= 0.6 is 15.9 Å². The summed E-state index contributed by atoms with van der Waals surface area (Å²) in [6.45, 7) is 0. The Morgan fingerprint density at radius 3 is 2.63 bits per heavy atom. The van der Waals surface area contributed by atoms with Crippen LogP contribution in [-0.4, -0.2) is 11.1 Å². The number of hydrazone groups is 1. The molecule has 0 unspecified atom stereocenters. The van der Waals surface area contributed by atoms with Gasteiger partial charge >= 0.3 is 0 Å². The summed E-state index contributed by atoms with van der Waals surface area (Å²) in [5.41, 5.74) is 4.08. The van der Waals surface area contributed by atoms with Gasteiger partial charge in [0.15, 0.2) is 0 Å². The minimum Gasteiger partial charge on any atom is -0.279 e. The van der Waals surface area contributed by atoms with E-state index < -0.39 is 4.92 Å². The summed E-state index contributed by atoms with van der Waals surface area (Å²) >= 11 is 3.20. The van der Waals surface area contributed by atoms with E-state index in [2.05, 4.69) is 26.5 Å². The molecule has 0 spiro atoms. The van der Waals surface area contributed by atoms with Crippen LogP contribution in [0.2, 0.25) is 0 Å². The zero-order valence-corrected chi connectivity index (χ0v) is 11.4. The Morgan fingerprint density at radius 1 is 1.21 bits per heavy atom. The highest BCUT2D eigenvalue weighted by Crippen LogP contribution is 2.22. The molecule has 19 heavy (non-hydrogen) atoms. The van der Waals surface area contributed by atoms with Crippen molar-refractivity contribution < 1.29 is 4.92 Å². The van der Waals surface area contributed by atoms with E-state index in [0.717, 1.165) is 5.69 Å². The van der Waals surface area contributed by atoms with Crippen LogP contribution in [0.3, 0.4) is 0 Å². The quantitative estimate of drug-likeness (QED) is 0.529. The molecule has 2 aromatic carbocycles. The van der Waals surface area contributed by atoms with E-state index in [-0.39, 0.29) is 5.69 Å². The Hall–Kier alpha value is -2.21. The number of rotatable bonds is 4. The van der Waals surface area contributed by atoms with Crippen molar-refractivity contribution in [2.24, 2.45) is 5.10 Å². The fourth-order valence-corrected chi connectivity index (χ4v) is 1.82. The average molecular weight is 320 g/mol. The molecule has 0 heterocycles. The second-order valence-corrected chi connectivity index (χ2v) is 4.61. The first-order valence-corrected chi connectivity index (χ1v) is 6.24. The first kappa shape index (κ1) is 13.2. The standard InChI is InChI=1S/C13H10BrN3O2/c14-11-7-6-10(13(8-11)17(18)19)9-15-16-12-4-2-1-3-5-12/h1-9,16H. The average Bonchev–Trinajstić information content (AvgIpc) is 2.41. The number of nitro benzene ring substituents is 1. The van der Waals surface area contributed by atoms with Crippen molar-refractivity contribution in [3.63, 3.8) is 0 Å². The van der Waals surface area contributed by atoms with Gasteiger partial charge in [0.25, 0.3) is 5.69 Å². The molecule has 0 aliphatic heterocycles. The molecule has 1 N–H and O–H groups in total. The first-order chi connectivity index (χ1) is 9.16. The van der Waals surface area contributed by atoms with Crippen molar-refractivity contribution >= 4 is 33.5 Å². The number of benzene rings is 2. The van der Waals surface area contributed by atoms with Gasteiger partial charge in [0.1, 0.15) is 0 Å². The summed E-state index contributed by atoms with van der Waals surface area (Å²) in [5, 5.41) is 14.9. The third kappa shape index (κ3) is 3.62. The summed E-state index contributed by atoms with van der Waals surface area (Å²) in [6.07, 6.45) is 1.43. The largest absolute Gasteiger partial charge is 0.279 e. The highest BCUT2D eigenvalue weighted by Gasteiger charge is 2.12. The van der Waals surface area contributed by atoms with Gasteiger partial charge in [-0.2, -0.15) is 5.10 Å². The third-order valence-corrected chi connectivity index (χ3v) is 2.85. The van der Waals surface area contributed by atoms with Gasteiger partial charge in [-0.1, -0.05) is 34.1 Å². The van der Waals surface area contributed by atoms with E-state index in [1.807, 2.05) is 30.3 Å². The van der Waals surface area contributed by atoms with Crippen LogP contribution in [0.15, 0.2) is 58.1 Å². The van der Waals surface area contributed by atoms with Gasteiger partial charge in [-0.25, -0.2) is 0 Å². The van der Waals surface area contributed by atoms with Gasteiger partial charge in [0, 0.05) is 10.5 Å². The lowest BCUT2D eigenvalue weighted by molar-refractivity contribution is -0.385. The third-order valence-electron chi connectivity index (χ3n) is 2.36. The van der Waals surface area contributed by atoms with Crippen LogP contribution in [0.5, 0.6) is 0 Å². The van der Waals surface area contributed by atoms with Crippen LogP contribution < -0.4 is 5.43 Å². The van der Waals surface area contributed by atoms with Gasteiger partial charge in [-0.3, -0.25) is 15.5 Å². The van der Waals surface area contributed by atoms with Crippen LogP contribution in [0.1, 0.15) is 5.56 Å². The SMILES string of the molecule is O=[N+]([O-])c1cc(Br)ccc1C=NNc1ccccc1. The molecule has 0 saturated heterocycles. The van der Waals surface area contributed by atoms with Gasteiger partial charge in [-0.05, 0) is 24.3 Å². The minimum absolute atomic E-state index is 0.00740. The Kier molecular flexibility index (Phi) is 4.25. The number of hydrogen-bond acceptors (Lipinski definition) is 4. The van der Waals surface area contributed by atoms with Crippen molar-refractivity contribution in [2.75, 3.05) is 5.43 Å². The number of halogens is 1. The maximum atomic E-state index is 10.9. The predicted octanol–water partition coefficient (Wildman–Crippen LogP) is 3.80. The Labute approximate surface area is 118 Å². The van der Waals surface area contributed by atoms with E-state index in [1.165, 1.54) is 12.3 Å². The second kappa shape index (κ2) is 6.10. The maximum absolute atomic E-state index is 10.9. The van der Waals surface area contributed by atoms with Crippen LogP contribution in [0.4, 0.5) is 11.4 Å². The Balaban J connectivity index is 2.17. The molecule has 0 amide bonds. The highest BCUT2D eigenvalue weighted by atomic mass is 79.9. The maximum Gasteiger partial charge on any atom is 0.279 e. The van der Waals surface area contributed by atoms with E-state index >= 15 is 0 Å². The predicted molar refractivity (Wildman–Crippen MR) is 78.5 cm³/mol. The van der Waals surface area contributed by atoms with Crippen molar-refractivity contribution in [3.8, 4) is 0 Å². The van der Waals surface area contributed by atoms with Crippen LogP contribution in [-0.2, 0) is 0 Å². The normalized spacial score (nSPS) is 10.6. The zero-order valence-electron chi connectivity index (χ0n) is 9.79. The van der Waals surface area contributed by atoms with Gasteiger partial charge in [0.05, 0.1) is 22.4 Å². The molecular weight excluding hydrogens is 310 g/mol. The van der Waals surface area contributed by atoms with Gasteiger partial charge in [0.2, 0.25) is 0 Å². The molecule has 0 bridgehead atoms. The summed E-state index contributed by atoms with van der Waals surface area (Å²) in [6, 6.07) is 14.2. The molecule has 0 aliphatic carbocycles. The summed E-state index contributed by atoms with van der Waals surface area (Å²) in [5.74, 6) is 0. The first-order valence-electron chi connectivity index (χ1n) is 5.45. The number of nitrogens with one attached hydrogen (secondary N) is 1. The molecule has 0 aromatic heterocycles. The smallest absolute Gasteiger partial charge is 0.279 e. The lowest BCUT2D eigenvalue weighted by atomic mass is 10.2. The van der Waals surface area contributed by atoms with Crippen molar-refractivity contribution in [1.82, 2.24) is 0 Å². The van der Waals surface area contributed by atoms with E-state index in [1.54, 1.807) is 12.1 Å². The molecule has 6 heteroatoms. The second-order valence-electron chi connectivity index (χ2n) is 3.70.